The molecular weight excluding hydrogens is 844 g/mol. The van der Waals surface area contributed by atoms with Gasteiger partial charge in [0, 0.05) is 87.2 Å². The predicted octanol–water partition coefficient (Wildman–Crippen LogP) is -0.829. The number of hydrogen-bond acceptors (Lipinski definition) is 18. The zero-order valence-corrected chi connectivity index (χ0v) is 34.8. The van der Waals surface area contributed by atoms with E-state index in [0.717, 1.165) is 22.0 Å². The van der Waals surface area contributed by atoms with Crippen LogP contribution in [0.25, 0.3) is 0 Å². The van der Waals surface area contributed by atoms with Gasteiger partial charge in [-0.2, -0.15) is 0 Å². The van der Waals surface area contributed by atoms with Crippen LogP contribution in [0.15, 0.2) is 30.4 Å². The number of ketones is 3. The van der Waals surface area contributed by atoms with Crippen molar-refractivity contribution in [3.05, 3.63) is 63.7 Å². The second-order valence-corrected chi connectivity index (χ2v) is 16.9. The molecule has 0 bridgehead atoms. The van der Waals surface area contributed by atoms with Crippen LogP contribution in [0.4, 0.5) is 0 Å². The summed E-state index contributed by atoms with van der Waals surface area (Å²) in [6.45, 7) is 0.463. The second kappa shape index (κ2) is 15.9. The molecule has 1 unspecified atom stereocenters. The molecule has 2 aromatic carbocycles. The molecule has 5 aliphatic heterocycles. The third kappa shape index (κ3) is 6.63. The average Bonchev–Trinajstić information content (AvgIpc) is 3.90. The van der Waals surface area contributed by atoms with Gasteiger partial charge in [0.15, 0.2) is 30.3 Å². The smallest absolute Gasteiger partial charge is 0.255 e. The number of carbonyl (C=O) groups is 8. The summed E-state index contributed by atoms with van der Waals surface area (Å²) in [6.07, 6.45) is -5.32. The van der Waals surface area contributed by atoms with Gasteiger partial charge in [0.05, 0.1) is 41.9 Å². The maximum absolute atomic E-state index is 14.1. The third-order valence-corrected chi connectivity index (χ3v) is 13.4. The Morgan fingerprint density at radius 3 is 2.33 bits per heavy atom. The fraction of sp³-hybridized carbons (Fsp3) is 0.488. The van der Waals surface area contributed by atoms with Gasteiger partial charge in [0.25, 0.3) is 11.8 Å². The maximum atomic E-state index is 14.1. The summed E-state index contributed by atoms with van der Waals surface area (Å²) < 4.78 is 30.4. The van der Waals surface area contributed by atoms with Gasteiger partial charge in [-0.15, -0.1) is 0 Å². The van der Waals surface area contributed by atoms with Crippen molar-refractivity contribution in [2.75, 3.05) is 40.6 Å². The minimum absolute atomic E-state index is 0.0587. The Bertz CT molecular complexity index is 2450. The van der Waals surface area contributed by atoms with Crippen molar-refractivity contribution in [1.82, 2.24) is 19.6 Å². The Morgan fingerprint density at radius 1 is 0.922 bits per heavy atom. The standard InChI is InChI=1S/C43H44N4O17/c1-18-39-22(44-9-10-45(41(61-3)42(44)64-39)28(52)11-19-12-29(53)47(40(19)58)17-46-26(50)7-8-27(46)51)13-30(62-18)63-24-15-43(59,25(49)16-48)14-21-32(24)38(57)34-33(36(21)55)35(54)20-5-4-6-23(60-2)31(20)37(34)56/h4-8,18-19,22,24,30,39,41-42,48,55,57,59H,9-17H2,1-3H3/t18-,19?,22-,24-,30-,39+,41+,42+,43-/m0/s1. The lowest BCUT2D eigenvalue weighted by molar-refractivity contribution is -0.248. The number of benzene rings is 2. The zero-order valence-electron chi connectivity index (χ0n) is 34.8. The molecule has 21 nitrogen and oxygen atoms in total. The summed E-state index contributed by atoms with van der Waals surface area (Å²) in [4.78, 5) is 110. The SMILES string of the molecule is COc1cccc2c1C(=O)c1c(O)c3c(c(O)c1C2=O)C[C@@](O)(C(=O)CO)C[C@@H]3O[C@H]1C[C@H]2[C@H](O[C@@H]3[C@@H](OC)N(C(=O)CC4CC(=O)N(CN5C(=O)C=CC5=O)C4=O)CCN32)[C@H](C)O1. The van der Waals surface area contributed by atoms with Crippen LogP contribution in [0.5, 0.6) is 17.2 Å². The van der Waals surface area contributed by atoms with Crippen LogP contribution >= 0.6 is 0 Å². The summed E-state index contributed by atoms with van der Waals surface area (Å²) >= 11 is 0. The number of fused-ring (bicyclic) bond motifs is 6. The molecule has 0 saturated carbocycles. The van der Waals surface area contributed by atoms with Gasteiger partial charge in [-0.25, -0.2) is 0 Å². The number of carbonyl (C=O) groups excluding carboxylic acids is 8. The van der Waals surface area contributed by atoms with Crippen molar-refractivity contribution in [1.29, 1.82) is 0 Å². The lowest BCUT2D eigenvalue weighted by Crippen LogP contribution is -2.62. The molecule has 2 aliphatic carbocycles. The number of Topliss-reactive ketones (excluding diaryl/α,β-unsaturated/α-hetero) is 1. The van der Waals surface area contributed by atoms with E-state index in [1.807, 2.05) is 4.90 Å². The van der Waals surface area contributed by atoms with Gasteiger partial charge in [-0.05, 0) is 13.0 Å². The molecule has 4 saturated heterocycles. The molecule has 0 radical (unpaired) electrons. The highest BCUT2D eigenvalue weighted by Crippen LogP contribution is 2.53. The summed E-state index contributed by atoms with van der Waals surface area (Å²) in [5, 5.41) is 45.2. The average molecular weight is 889 g/mol. The van der Waals surface area contributed by atoms with Crippen LogP contribution in [0.3, 0.4) is 0 Å². The van der Waals surface area contributed by atoms with Gasteiger partial charge >= 0.3 is 0 Å². The molecule has 64 heavy (non-hydrogen) atoms. The fourth-order valence-electron chi connectivity index (χ4n) is 10.3. The van der Waals surface area contributed by atoms with Gasteiger partial charge in [0.2, 0.25) is 23.5 Å². The van der Waals surface area contributed by atoms with E-state index in [9.17, 15) is 58.8 Å². The number of imide groups is 2. The number of piperazine rings is 1. The molecule has 21 heteroatoms. The van der Waals surface area contributed by atoms with Crippen LogP contribution in [0.1, 0.15) is 81.7 Å². The monoisotopic (exact) mass is 888 g/mol. The van der Waals surface area contributed by atoms with E-state index in [0.29, 0.717) is 0 Å². The summed E-state index contributed by atoms with van der Waals surface area (Å²) in [7, 11) is 2.70. The van der Waals surface area contributed by atoms with E-state index in [1.54, 1.807) is 6.92 Å². The first kappa shape index (κ1) is 43.3. The minimum Gasteiger partial charge on any atom is -0.507 e. The highest BCUT2D eigenvalue weighted by molar-refractivity contribution is 6.31. The molecule has 0 spiro atoms. The van der Waals surface area contributed by atoms with Gasteiger partial charge < -0.3 is 49.0 Å². The molecule has 338 valence electrons. The van der Waals surface area contributed by atoms with Crippen LogP contribution in [0, 0.1) is 5.92 Å². The Labute approximate surface area is 363 Å². The Morgan fingerprint density at radius 2 is 1.64 bits per heavy atom. The van der Waals surface area contributed by atoms with Crippen molar-refractivity contribution < 1.29 is 82.5 Å². The van der Waals surface area contributed by atoms with Crippen LogP contribution < -0.4 is 4.74 Å². The topological polar surface area (TPSA) is 277 Å². The van der Waals surface area contributed by atoms with Crippen molar-refractivity contribution in [2.45, 2.75) is 87.7 Å². The van der Waals surface area contributed by atoms with E-state index in [2.05, 4.69) is 0 Å². The highest BCUT2D eigenvalue weighted by Gasteiger charge is 2.57. The molecular formula is C43H44N4O17. The lowest BCUT2D eigenvalue weighted by atomic mass is 9.72. The number of ether oxygens (including phenoxy) is 5. The number of rotatable bonds is 10. The first-order valence-electron chi connectivity index (χ1n) is 20.7. The van der Waals surface area contributed by atoms with Gasteiger partial charge in [-0.3, -0.25) is 53.1 Å². The predicted molar refractivity (Wildman–Crippen MR) is 210 cm³/mol. The number of nitrogens with zero attached hydrogens (tertiary/aromatic N) is 4. The van der Waals surface area contributed by atoms with Crippen molar-refractivity contribution in [3.8, 4) is 17.2 Å². The number of methoxy groups -OCH3 is 2. The normalized spacial score (nSPS) is 31.0. The zero-order chi connectivity index (χ0) is 45.7. The van der Waals surface area contributed by atoms with E-state index in [-0.39, 0.29) is 60.4 Å². The number of phenols is 2. The number of phenolic OH excluding ortho intramolecular Hbond substituents is 2. The number of hydrogen-bond donors (Lipinski definition) is 4. The van der Waals surface area contributed by atoms with Gasteiger partial charge in [0.1, 0.15) is 42.2 Å². The highest BCUT2D eigenvalue weighted by atomic mass is 16.7. The number of amides is 5. The van der Waals surface area contributed by atoms with Crippen LogP contribution in [-0.4, -0.2) is 170 Å². The first-order chi connectivity index (χ1) is 30.5. The molecule has 0 aromatic heterocycles. The van der Waals surface area contributed by atoms with E-state index in [1.165, 1.54) is 37.3 Å². The number of aromatic hydroxyl groups is 2. The molecule has 2 aromatic rings. The third-order valence-electron chi connectivity index (χ3n) is 13.4. The van der Waals surface area contributed by atoms with Crippen molar-refractivity contribution >= 4 is 46.9 Å². The van der Waals surface area contributed by atoms with Crippen LogP contribution in [-0.2, 0) is 54.1 Å². The molecule has 4 fully saturated rings. The Hall–Kier alpha value is -5.94. The molecule has 5 amide bonds. The number of aliphatic hydroxyl groups is 2. The molecule has 9 rings (SSSR count). The molecule has 9 atom stereocenters. The van der Waals surface area contributed by atoms with Crippen LogP contribution in [0.2, 0.25) is 0 Å². The number of aliphatic hydroxyl groups excluding tert-OH is 1. The first-order valence-corrected chi connectivity index (χ1v) is 20.7. The molecule has 4 N–H and O–H groups in total. The summed E-state index contributed by atoms with van der Waals surface area (Å²) in [5.74, 6) is -8.20. The van der Waals surface area contributed by atoms with Crippen molar-refractivity contribution in [3.63, 3.8) is 0 Å². The molecule has 5 heterocycles. The number of likely N-dealkylation sites (tertiary alicyclic amines) is 1. The quantitative estimate of drug-likeness (QED) is 0.143. The van der Waals surface area contributed by atoms with Gasteiger partial charge in [-0.1, -0.05) is 12.1 Å². The molecule has 7 aliphatic rings. The van der Waals surface area contributed by atoms with E-state index < -0.39 is 150 Å². The lowest BCUT2D eigenvalue weighted by Gasteiger charge is -2.45. The minimum atomic E-state index is -2.34. The summed E-state index contributed by atoms with van der Waals surface area (Å²) in [6, 6.07) is 3.89. The van der Waals surface area contributed by atoms with E-state index in [4.69, 9.17) is 23.7 Å². The second-order valence-electron chi connectivity index (χ2n) is 16.9. The fourth-order valence-corrected chi connectivity index (χ4v) is 10.3. The van der Waals surface area contributed by atoms with E-state index >= 15 is 0 Å². The maximum Gasteiger partial charge on any atom is 0.255 e. The largest absolute Gasteiger partial charge is 0.507 e. The summed E-state index contributed by atoms with van der Waals surface area (Å²) in [5.41, 5.74) is -3.99. The Balaban J connectivity index is 0.944. The Kier molecular flexibility index (Phi) is 10.8. The van der Waals surface area contributed by atoms with Crippen molar-refractivity contribution in [2.24, 2.45) is 5.92 Å².